The molecule has 0 bridgehead atoms. The molecular formula is C36H52N8. The number of anilines is 1. The zero-order valence-electron chi connectivity index (χ0n) is 27.2. The van der Waals surface area contributed by atoms with Crippen LogP contribution in [-0.2, 0) is 0 Å². The van der Waals surface area contributed by atoms with E-state index in [1.807, 2.05) is 12.3 Å². The molecule has 5 rings (SSSR count). The Morgan fingerprint density at radius 1 is 1.07 bits per heavy atom. The van der Waals surface area contributed by atoms with E-state index in [-0.39, 0.29) is 0 Å². The molecule has 44 heavy (non-hydrogen) atoms. The summed E-state index contributed by atoms with van der Waals surface area (Å²) in [5.41, 5.74) is 14.2. The zero-order chi connectivity index (χ0) is 31.2. The Labute approximate surface area is 265 Å². The SMILES string of the molecule is C=CC(=C)N1CCCC(N/C(C)=C(\CC)N=C2C(=C)C(c3ccc(N4CCC(N5CCN(C)CC5)CC4)cc3)=CN=C2N)C1. The molecule has 1 aromatic carbocycles. The van der Waals surface area contributed by atoms with Crippen molar-refractivity contribution in [3.8, 4) is 0 Å². The molecule has 1 aromatic rings. The first-order valence-electron chi connectivity index (χ1n) is 16.4. The van der Waals surface area contributed by atoms with E-state index in [1.54, 1.807) is 0 Å². The summed E-state index contributed by atoms with van der Waals surface area (Å²) in [5, 5.41) is 3.72. The first-order chi connectivity index (χ1) is 21.3. The fourth-order valence-electron chi connectivity index (χ4n) is 6.89. The molecule has 0 spiro atoms. The van der Waals surface area contributed by atoms with Crippen LogP contribution in [-0.4, -0.2) is 97.7 Å². The number of allylic oxidation sites excluding steroid dienone is 4. The van der Waals surface area contributed by atoms with Gasteiger partial charge in [0.25, 0.3) is 0 Å². The summed E-state index contributed by atoms with van der Waals surface area (Å²) < 4.78 is 0. The fourth-order valence-corrected chi connectivity index (χ4v) is 6.89. The monoisotopic (exact) mass is 596 g/mol. The maximum absolute atomic E-state index is 6.39. The maximum atomic E-state index is 6.39. The van der Waals surface area contributed by atoms with E-state index in [1.165, 1.54) is 44.7 Å². The molecule has 236 valence electrons. The number of hydrogen-bond donors (Lipinski definition) is 2. The van der Waals surface area contributed by atoms with Gasteiger partial charge in [-0.3, -0.25) is 4.90 Å². The molecule has 8 nitrogen and oxygen atoms in total. The fraction of sp³-hybridized carbons (Fsp3) is 0.500. The highest BCUT2D eigenvalue weighted by molar-refractivity contribution is 6.51. The van der Waals surface area contributed by atoms with Gasteiger partial charge in [0.15, 0.2) is 0 Å². The van der Waals surface area contributed by atoms with Crippen molar-refractivity contribution in [3.05, 3.63) is 84.5 Å². The number of nitrogens with zero attached hydrogens (tertiary/aromatic N) is 6. The topological polar surface area (TPSA) is 75.7 Å². The molecule has 3 N–H and O–H groups in total. The predicted octanol–water partition coefficient (Wildman–Crippen LogP) is 5.01. The third-order valence-electron chi connectivity index (χ3n) is 9.75. The summed E-state index contributed by atoms with van der Waals surface area (Å²) in [5.74, 6) is 0.406. The number of likely N-dealkylation sites (tertiary alicyclic amines) is 1. The second-order valence-electron chi connectivity index (χ2n) is 12.7. The van der Waals surface area contributed by atoms with Gasteiger partial charge in [-0.2, -0.15) is 0 Å². The van der Waals surface area contributed by atoms with E-state index in [4.69, 9.17) is 10.7 Å². The second-order valence-corrected chi connectivity index (χ2v) is 12.7. The molecule has 1 unspecified atom stereocenters. The molecular weight excluding hydrogens is 544 g/mol. The Morgan fingerprint density at radius 3 is 2.43 bits per heavy atom. The van der Waals surface area contributed by atoms with Gasteiger partial charge in [0.1, 0.15) is 11.5 Å². The van der Waals surface area contributed by atoms with E-state index < -0.39 is 0 Å². The molecule has 4 heterocycles. The standard InChI is InChI=1S/C36H52N8/c1-7-26(3)44-17-9-10-30(25-44)39-28(5)34(8-2)40-35-27(4)33(24-38-36(35)37)29-11-13-31(14-12-29)42-18-15-32(16-19-42)43-22-20-41(6)21-23-43/h7,11-14,24,30,32,39H,1,3-4,8-10,15-23,25H2,2,5-6H3,(H2,37,38)/b34-28+,40-35?. The van der Waals surface area contributed by atoms with Crippen LogP contribution in [0.3, 0.4) is 0 Å². The van der Waals surface area contributed by atoms with Gasteiger partial charge in [0.05, 0.1) is 5.70 Å². The molecule has 0 aromatic heterocycles. The van der Waals surface area contributed by atoms with Crippen LogP contribution in [0.15, 0.2) is 88.9 Å². The summed E-state index contributed by atoms with van der Waals surface area (Å²) in [7, 11) is 2.23. The minimum Gasteiger partial charge on any atom is -0.383 e. The van der Waals surface area contributed by atoms with Gasteiger partial charge in [-0.05, 0) is 69.8 Å². The van der Waals surface area contributed by atoms with Crippen LogP contribution in [0.2, 0.25) is 0 Å². The van der Waals surface area contributed by atoms with Crippen molar-refractivity contribution in [1.82, 2.24) is 20.0 Å². The van der Waals surface area contributed by atoms with E-state index in [9.17, 15) is 0 Å². The highest BCUT2D eigenvalue weighted by Gasteiger charge is 2.27. The Morgan fingerprint density at radius 2 is 1.77 bits per heavy atom. The minimum absolute atomic E-state index is 0.328. The number of likely N-dealkylation sites (N-methyl/N-ethyl adjacent to an activating group) is 1. The third kappa shape index (κ3) is 7.36. The quantitative estimate of drug-likeness (QED) is 0.391. The van der Waals surface area contributed by atoms with Crippen LogP contribution in [0.4, 0.5) is 5.69 Å². The van der Waals surface area contributed by atoms with Crippen LogP contribution >= 0.6 is 0 Å². The number of aliphatic imine (C=N–C) groups is 2. The van der Waals surface area contributed by atoms with Gasteiger partial charge in [-0.15, -0.1) is 0 Å². The van der Waals surface area contributed by atoms with Gasteiger partial charge >= 0.3 is 0 Å². The van der Waals surface area contributed by atoms with Crippen LogP contribution in [0, 0.1) is 0 Å². The van der Waals surface area contributed by atoms with Crippen molar-refractivity contribution >= 4 is 22.8 Å². The molecule has 4 aliphatic heterocycles. The molecule has 0 radical (unpaired) electrons. The predicted molar refractivity (Wildman–Crippen MR) is 187 cm³/mol. The smallest absolute Gasteiger partial charge is 0.149 e. The number of hydrogen-bond acceptors (Lipinski definition) is 8. The van der Waals surface area contributed by atoms with Gasteiger partial charge in [0.2, 0.25) is 0 Å². The van der Waals surface area contributed by atoms with Crippen LogP contribution in [0.25, 0.3) is 5.57 Å². The van der Waals surface area contributed by atoms with Crippen LogP contribution in [0.1, 0.15) is 51.5 Å². The van der Waals surface area contributed by atoms with Gasteiger partial charge in [-0.1, -0.05) is 38.8 Å². The Kier molecular flexibility index (Phi) is 10.4. The molecule has 1 atom stereocenters. The maximum Gasteiger partial charge on any atom is 0.149 e. The second kappa shape index (κ2) is 14.4. The van der Waals surface area contributed by atoms with Crippen molar-refractivity contribution in [2.24, 2.45) is 15.7 Å². The first kappa shape index (κ1) is 31.8. The van der Waals surface area contributed by atoms with Crippen molar-refractivity contribution in [3.63, 3.8) is 0 Å². The molecule has 3 fully saturated rings. The molecule has 3 saturated heterocycles. The van der Waals surface area contributed by atoms with Crippen LogP contribution in [0.5, 0.6) is 0 Å². The van der Waals surface area contributed by atoms with E-state index in [0.29, 0.717) is 23.6 Å². The normalized spacial score (nSPS) is 24.1. The van der Waals surface area contributed by atoms with Gasteiger partial charge in [0, 0.05) is 98.9 Å². The molecule has 4 aliphatic rings. The summed E-state index contributed by atoms with van der Waals surface area (Å²) >= 11 is 0. The average molecular weight is 597 g/mol. The highest BCUT2D eigenvalue weighted by Crippen LogP contribution is 2.30. The summed E-state index contributed by atoms with van der Waals surface area (Å²) in [6.07, 6.45) is 9.12. The Hall–Kier alpha value is -3.62. The van der Waals surface area contributed by atoms with Crippen molar-refractivity contribution < 1.29 is 0 Å². The lowest BCUT2D eigenvalue weighted by atomic mass is 9.93. The molecule has 0 amide bonds. The highest BCUT2D eigenvalue weighted by atomic mass is 15.3. The number of nitrogens with one attached hydrogen (secondary N) is 1. The third-order valence-corrected chi connectivity index (χ3v) is 9.75. The van der Waals surface area contributed by atoms with Crippen LogP contribution < -0.4 is 16.0 Å². The first-order valence-corrected chi connectivity index (χ1v) is 16.4. The lowest BCUT2D eigenvalue weighted by Gasteiger charge is -2.42. The Bertz CT molecular complexity index is 1330. The summed E-state index contributed by atoms with van der Waals surface area (Å²) in [6, 6.07) is 9.88. The molecule has 8 heteroatoms. The van der Waals surface area contributed by atoms with E-state index >= 15 is 0 Å². The van der Waals surface area contributed by atoms with Crippen molar-refractivity contribution in [2.75, 3.05) is 64.3 Å². The van der Waals surface area contributed by atoms with Crippen molar-refractivity contribution in [1.29, 1.82) is 0 Å². The number of benzene rings is 1. The molecule has 0 aliphatic carbocycles. The lowest BCUT2D eigenvalue weighted by molar-refractivity contribution is 0.0982. The van der Waals surface area contributed by atoms with E-state index in [0.717, 1.165) is 79.2 Å². The number of piperazine rings is 1. The number of piperidine rings is 2. The number of nitrogens with two attached hydrogens (primary N) is 1. The number of rotatable bonds is 9. The largest absolute Gasteiger partial charge is 0.383 e. The van der Waals surface area contributed by atoms with Gasteiger partial charge < -0.3 is 25.8 Å². The lowest BCUT2D eigenvalue weighted by Crippen LogP contribution is -2.52. The summed E-state index contributed by atoms with van der Waals surface area (Å²) in [4.78, 5) is 19.5. The minimum atomic E-state index is 0.328. The van der Waals surface area contributed by atoms with Gasteiger partial charge in [-0.25, -0.2) is 9.98 Å². The number of amidine groups is 1. The van der Waals surface area contributed by atoms with E-state index in [2.05, 4.69) is 94.8 Å². The Balaban J connectivity index is 1.23. The zero-order valence-corrected chi connectivity index (χ0v) is 27.2. The van der Waals surface area contributed by atoms with Crippen molar-refractivity contribution in [2.45, 2.75) is 58.0 Å². The molecule has 0 saturated carbocycles. The summed E-state index contributed by atoms with van der Waals surface area (Å²) in [6.45, 7) is 25.6. The average Bonchev–Trinajstić information content (AvgIpc) is 3.05.